The van der Waals surface area contributed by atoms with E-state index in [4.69, 9.17) is 11.6 Å². The molecular weight excluding hydrogens is 260 g/mol. The molecule has 5 heteroatoms. The Hall–Kier alpha value is -1.55. The minimum atomic E-state index is 0.366. The highest BCUT2D eigenvalue weighted by atomic mass is 35.5. The number of benzene rings is 1. The third-order valence-electron chi connectivity index (χ3n) is 3.52. The summed E-state index contributed by atoms with van der Waals surface area (Å²) in [4.78, 5) is 3.98. The van der Waals surface area contributed by atoms with Gasteiger partial charge >= 0.3 is 0 Å². The Morgan fingerprint density at radius 3 is 2.79 bits per heavy atom. The highest BCUT2D eigenvalue weighted by Gasteiger charge is 2.15. The topological polar surface area (TPSA) is 42.7 Å². The fraction of sp³-hybridized carbons (Fsp3) is 0.429. The van der Waals surface area contributed by atoms with Gasteiger partial charge < -0.3 is 5.32 Å². The fourth-order valence-corrected chi connectivity index (χ4v) is 2.19. The van der Waals surface area contributed by atoms with E-state index in [0.717, 1.165) is 17.8 Å². The van der Waals surface area contributed by atoms with E-state index in [1.807, 2.05) is 18.2 Å². The molecule has 0 aliphatic rings. The Balaban J connectivity index is 2.33. The number of para-hydroxylation sites is 1. The maximum atomic E-state index is 6.29. The van der Waals surface area contributed by atoms with E-state index in [1.54, 1.807) is 11.0 Å². The molecule has 0 spiro atoms. The van der Waals surface area contributed by atoms with Crippen molar-refractivity contribution in [2.24, 2.45) is 5.92 Å². The highest BCUT2D eigenvalue weighted by Crippen LogP contribution is 2.29. The monoisotopic (exact) mass is 278 g/mol. The standard InChI is InChI=1S/C14H19ClN4/c1-4-10(2)11(3)18-13-7-5-6-12(15)14(13)19-9-16-8-17-19/h5-11,18H,4H2,1-3H3. The molecule has 0 amide bonds. The lowest BCUT2D eigenvalue weighted by atomic mass is 10.0. The van der Waals surface area contributed by atoms with Crippen LogP contribution in [0, 0.1) is 5.92 Å². The van der Waals surface area contributed by atoms with Crippen LogP contribution in [0.4, 0.5) is 5.69 Å². The highest BCUT2D eigenvalue weighted by molar-refractivity contribution is 6.33. The molecule has 0 aliphatic carbocycles. The van der Waals surface area contributed by atoms with E-state index >= 15 is 0 Å². The summed E-state index contributed by atoms with van der Waals surface area (Å²) in [5.41, 5.74) is 1.82. The lowest BCUT2D eigenvalue weighted by molar-refractivity contribution is 0.494. The van der Waals surface area contributed by atoms with Gasteiger partial charge in [0, 0.05) is 6.04 Å². The molecule has 1 aromatic carbocycles. The molecule has 0 fully saturated rings. The first-order chi connectivity index (χ1) is 9.13. The summed E-state index contributed by atoms with van der Waals surface area (Å²) in [5, 5.41) is 8.34. The summed E-state index contributed by atoms with van der Waals surface area (Å²) < 4.78 is 1.69. The van der Waals surface area contributed by atoms with Crippen LogP contribution >= 0.6 is 11.6 Å². The number of hydrogen-bond acceptors (Lipinski definition) is 3. The lowest BCUT2D eigenvalue weighted by Crippen LogP contribution is -2.24. The maximum Gasteiger partial charge on any atom is 0.138 e. The molecule has 2 aromatic rings. The number of halogens is 1. The molecule has 0 saturated carbocycles. The Morgan fingerprint density at radius 1 is 1.37 bits per heavy atom. The van der Waals surface area contributed by atoms with Crippen LogP contribution < -0.4 is 5.32 Å². The van der Waals surface area contributed by atoms with Crippen molar-refractivity contribution in [2.75, 3.05) is 5.32 Å². The number of nitrogens with one attached hydrogen (secondary N) is 1. The van der Waals surface area contributed by atoms with Gasteiger partial charge in [-0.1, -0.05) is 37.9 Å². The number of nitrogens with zero attached hydrogens (tertiary/aromatic N) is 3. The number of aromatic nitrogens is 3. The van der Waals surface area contributed by atoms with Crippen molar-refractivity contribution < 1.29 is 0 Å². The maximum absolute atomic E-state index is 6.29. The second kappa shape index (κ2) is 6.06. The first kappa shape index (κ1) is 13.9. The van der Waals surface area contributed by atoms with E-state index in [2.05, 4.69) is 36.2 Å². The van der Waals surface area contributed by atoms with Gasteiger partial charge in [0.25, 0.3) is 0 Å². The van der Waals surface area contributed by atoms with Gasteiger partial charge in [0.1, 0.15) is 18.3 Å². The van der Waals surface area contributed by atoms with Crippen LogP contribution in [-0.2, 0) is 0 Å². The molecule has 2 atom stereocenters. The average Bonchev–Trinajstić information content (AvgIpc) is 2.91. The lowest BCUT2D eigenvalue weighted by Gasteiger charge is -2.23. The number of hydrogen-bond donors (Lipinski definition) is 1. The quantitative estimate of drug-likeness (QED) is 0.905. The van der Waals surface area contributed by atoms with Crippen molar-refractivity contribution in [1.29, 1.82) is 0 Å². The summed E-state index contributed by atoms with van der Waals surface area (Å²) in [5.74, 6) is 0.586. The summed E-state index contributed by atoms with van der Waals surface area (Å²) in [6, 6.07) is 6.18. The molecule has 0 saturated heterocycles. The third kappa shape index (κ3) is 3.07. The number of rotatable bonds is 5. The predicted octanol–water partition coefficient (Wildman–Crippen LogP) is 3.77. The molecule has 0 aliphatic heterocycles. The van der Waals surface area contributed by atoms with Crippen molar-refractivity contribution in [3.63, 3.8) is 0 Å². The van der Waals surface area contributed by atoms with E-state index in [0.29, 0.717) is 17.0 Å². The van der Waals surface area contributed by atoms with E-state index in [9.17, 15) is 0 Å². The second-order valence-corrected chi connectivity index (χ2v) is 5.20. The van der Waals surface area contributed by atoms with Crippen LogP contribution in [0.1, 0.15) is 27.2 Å². The van der Waals surface area contributed by atoms with Gasteiger partial charge in [-0.15, -0.1) is 0 Å². The van der Waals surface area contributed by atoms with Crippen molar-refractivity contribution in [3.05, 3.63) is 35.9 Å². The normalized spacial score (nSPS) is 14.1. The molecule has 0 radical (unpaired) electrons. The molecule has 1 N–H and O–H groups in total. The smallest absolute Gasteiger partial charge is 0.138 e. The largest absolute Gasteiger partial charge is 0.381 e. The Kier molecular flexibility index (Phi) is 4.43. The van der Waals surface area contributed by atoms with Gasteiger partial charge in [0.15, 0.2) is 0 Å². The zero-order chi connectivity index (χ0) is 13.8. The molecule has 0 bridgehead atoms. The van der Waals surface area contributed by atoms with Crippen LogP contribution in [-0.4, -0.2) is 20.8 Å². The van der Waals surface area contributed by atoms with Crippen molar-refractivity contribution in [3.8, 4) is 5.69 Å². The summed E-state index contributed by atoms with van der Waals surface area (Å²) in [6.45, 7) is 6.61. The van der Waals surface area contributed by atoms with Crippen LogP contribution in [0.15, 0.2) is 30.9 Å². The van der Waals surface area contributed by atoms with Crippen LogP contribution in [0.3, 0.4) is 0 Å². The Morgan fingerprint density at radius 2 is 2.16 bits per heavy atom. The minimum Gasteiger partial charge on any atom is -0.381 e. The average molecular weight is 279 g/mol. The minimum absolute atomic E-state index is 0.366. The van der Waals surface area contributed by atoms with E-state index < -0.39 is 0 Å². The van der Waals surface area contributed by atoms with Gasteiger partial charge in [0.05, 0.1) is 10.7 Å². The predicted molar refractivity (Wildman–Crippen MR) is 78.9 cm³/mol. The van der Waals surface area contributed by atoms with E-state index in [-0.39, 0.29) is 0 Å². The molecule has 102 valence electrons. The second-order valence-electron chi connectivity index (χ2n) is 4.79. The molecule has 2 unspecified atom stereocenters. The molecule has 19 heavy (non-hydrogen) atoms. The van der Waals surface area contributed by atoms with Crippen LogP contribution in [0.5, 0.6) is 0 Å². The van der Waals surface area contributed by atoms with Gasteiger partial charge in [-0.3, -0.25) is 0 Å². The summed E-state index contributed by atoms with van der Waals surface area (Å²) in [7, 11) is 0. The van der Waals surface area contributed by atoms with Crippen LogP contribution in [0.2, 0.25) is 5.02 Å². The van der Waals surface area contributed by atoms with Crippen molar-refractivity contribution in [2.45, 2.75) is 33.2 Å². The molecule has 4 nitrogen and oxygen atoms in total. The zero-order valence-electron chi connectivity index (χ0n) is 11.5. The summed E-state index contributed by atoms with van der Waals surface area (Å²) >= 11 is 6.29. The molecule has 1 heterocycles. The third-order valence-corrected chi connectivity index (χ3v) is 3.82. The van der Waals surface area contributed by atoms with E-state index in [1.165, 1.54) is 6.33 Å². The molecule has 1 aromatic heterocycles. The summed E-state index contributed by atoms with van der Waals surface area (Å²) in [6.07, 6.45) is 4.29. The fourth-order valence-electron chi connectivity index (χ4n) is 1.93. The Bertz CT molecular complexity index is 524. The number of anilines is 1. The molecule has 2 rings (SSSR count). The first-order valence-electron chi connectivity index (χ1n) is 6.53. The van der Waals surface area contributed by atoms with Gasteiger partial charge in [-0.05, 0) is 25.0 Å². The van der Waals surface area contributed by atoms with Gasteiger partial charge in [-0.2, -0.15) is 5.10 Å². The van der Waals surface area contributed by atoms with Crippen LogP contribution in [0.25, 0.3) is 5.69 Å². The van der Waals surface area contributed by atoms with Gasteiger partial charge in [-0.25, -0.2) is 9.67 Å². The Labute approximate surface area is 118 Å². The SMILES string of the molecule is CCC(C)C(C)Nc1cccc(Cl)c1-n1cncn1. The first-order valence-corrected chi connectivity index (χ1v) is 6.91. The van der Waals surface area contributed by atoms with Gasteiger partial charge in [0.2, 0.25) is 0 Å². The molecular formula is C14H19ClN4. The van der Waals surface area contributed by atoms with Crippen molar-refractivity contribution in [1.82, 2.24) is 14.8 Å². The van der Waals surface area contributed by atoms with Crippen molar-refractivity contribution >= 4 is 17.3 Å². The zero-order valence-corrected chi connectivity index (χ0v) is 12.2.